The fourth-order valence-electron chi connectivity index (χ4n) is 3.82. The van der Waals surface area contributed by atoms with Gasteiger partial charge in [0.15, 0.2) is 0 Å². The third-order valence-electron chi connectivity index (χ3n) is 5.38. The van der Waals surface area contributed by atoms with Crippen molar-refractivity contribution in [2.45, 2.75) is 38.6 Å². The van der Waals surface area contributed by atoms with E-state index in [9.17, 15) is 9.59 Å². The molecule has 142 valence electrons. The van der Waals surface area contributed by atoms with Gasteiger partial charge in [0.25, 0.3) is 0 Å². The summed E-state index contributed by atoms with van der Waals surface area (Å²) in [6, 6.07) is 7.44. The molecule has 3 heterocycles. The molecular formula is C20H23ClN4O2. The molecule has 1 aromatic heterocycles. The van der Waals surface area contributed by atoms with Crippen LogP contribution in [0.15, 0.2) is 30.5 Å². The molecule has 2 aliphatic rings. The normalized spacial score (nSPS) is 20.0. The maximum atomic E-state index is 12.6. The zero-order valence-corrected chi connectivity index (χ0v) is 15.9. The Bertz CT molecular complexity index is 838. The molecule has 0 saturated carbocycles. The molecule has 6 nitrogen and oxygen atoms in total. The summed E-state index contributed by atoms with van der Waals surface area (Å²) in [5.41, 5.74) is 1.80. The third-order valence-corrected chi connectivity index (χ3v) is 5.63. The van der Waals surface area contributed by atoms with Crippen molar-refractivity contribution in [2.24, 2.45) is 5.92 Å². The van der Waals surface area contributed by atoms with Gasteiger partial charge in [0.05, 0.1) is 18.7 Å². The van der Waals surface area contributed by atoms with E-state index in [0.29, 0.717) is 17.4 Å². The topological polar surface area (TPSA) is 67.2 Å². The Labute approximate surface area is 163 Å². The fraction of sp³-hybridized carbons (Fsp3) is 0.450. The van der Waals surface area contributed by atoms with Gasteiger partial charge in [0.1, 0.15) is 5.82 Å². The van der Waals surface area contributed by atoms with Crippen molar-refractivity contribution >= 4 is 29.2 Å². The van der Waals surface area contributed by atoms with Gasteiger partial charge in [0, 0.05) is 30.1 Å². The summed E-state index contributed by atoms with van der Waals surface area (Å²) >= 11 is 5.95. The average molecular weight is 387 g/mol. The highest BCUT2D eigenvalue weighted by Crippen LogP contribution is 2.32. The van der Waals surface area contributed by atoms with Crippen LogP contribution in [0.4, 0.5) is 5.82 Å². The molecule has 0 bridgehead atoms. The fourth-order valence-corrected chi connectivity index (χ4v) is 3.95. The molecule has 0 spiro atoms. The lowest BCUT2D eigenvalue weighted by molar-refractivity contribution is -0.135. The van der Waals surface area contributed by atoms with Gasteiger partial charge < -0.3 is 10.2 Å². The van der Waals surface area contributed by atoms with E-state index in [4.69, 9.17) is 11.6 Å². The van der Waals surface area contributed by atoms with Crippen LogP contribution in [0.5, 0.6) is 0 Å². The number of hydrogen-bond donors (Lipinski definition) is 1. The Balaban J connectivity index is 1.48. The molecule has 1 aromatic carbocycles. The molecule has 0 radical (unpaired) electrons. The average Bonchev–Trinajstić information content (AvgIpc) is 2.88. The summed E-state index contributed by atoms with van der Waals surface area (Å²) in [5.74, 6) is 0.263. The largest absolute Gasteiger partial charge is 0.343 e. The Morgan fingerprint density at radius 1 is 1.15 bits per heavy atom. The number of anilines is 1. The van der Waals surface area contributed by atoms with Gasteiger partial charge in [-0.1, -0.05) is 36.6 Å². The molecule has 1 unspecified atom stereocenters. The minimum atomic E-state index is -0.383. The van der Waals surface area contributed by atoms with Crippen LogP contribution in [0.1, 0.15) is 32.1 Å². The van der Waals surface area contributed by atoms with E-state index in [1.807, 2.05) is 29.2 Å². The van der Waals surface area contributed by atoms with Gasteiger partial charge in [-0.3, -0.25) is 9.59 Å². The second kappa shape index (κ2) is 7.72. The van der Waals surface area contributed by atoms with Gasteiger partial charge >= 0.3 is 0 Å². The van der Waals surface area contributed by atoms with Crippen LogP contribution in [0.25, 0.3) is 11.1 Å². The van der Waals surface area contributed by atoms with Crippen molar-refractivity contribution in [3.05, 3.63) is 35.5 Å². The maximum absolute atomic E-state index is 12.6. The van der Waals surface area contributed by atoms with Crippen molar-refractivity contribution in [3.63, 3.8) is 0 Å². The molecule has 1 atom stereocenters. The molecule has 2 aromatic rings. The van der Waals surface area contributed by atoms with Crippen molar-refractivity contribution in [2.75, 3.05) is 18.4 Å². The Morgan fingerprint density at radius 2 is 1.85 bits per heavy atom. The quantitative estimate of drug-likeness (QED) is 0.876. The number of halogens is 1. The third kappa shape index (κ3) is 3.86. The number of carbonyl (C=O) groups excluding carboxylic acids is 2. The van der Waals surface area contributed by atoms with Crippen LogP contribution in [0.2, 0.25) is 5.02 Å². The summed E-state index contributed by atoms with van der Waals surface area (Å²) in [6.45, 7) is 2.04. The first-order valence-electron chi connectivity index (χ1n) is 9.52. The number of nitrogens with one attached hydrogen (secondary N) is 1. The van der Waals surface area contributed by atoms with Gasteiger partial charge in [-0.25, -0.2) is 4.68 Å². The van der Waals surface area contributed by atoms with Crippen LogP contribution in [-0.2, 0) is 16.1 Å². The predicted octanol–water partition coefficient (Wildman–Crippen LogP) is 3.56. The molecule has 7 heteroatoms. The second-order valence-corrected chi connectivity index (χ2v) is 7.72. The van der Waals surface area contributed by atoms with Crippen molar-refractivity contribution in [1.29, 1.82) is 0 Å². The molecule has 4 rings (SSSR count). The van der Waals surface area contributed by atoms with E-state index in [1.165, 1.54) is 12.8 Å². The Hall–Kier alpha value is -2.34. The molecule has 0 aliphatic carbocycles. The van der Waals surface area contributed by atoms with E-state index < -0.39 is 0 Å². The molecule has 2 amide bonds. The number of likely N-dealkylation sites (tertiary alicyclic amines) is 1. The number of aromatic nitrogens is 2. The monoisotopic (exact) mass is 386 g/mol. The molecule has 27 heavy (non-hydrogen) atoms. The van der Waals surface area contributed by atoms with Gasteiger partial charge in [0.2, 0.25) is 11.8 Å². The minimum Gasteiger partial charge on any atom is -0.343 e. The van der Waals surface area contributed by atoms with Gasteiger partial charge in [-0.15, -0.1) is 0 Å². The lowest BCUT2D eigenvalue weighted by Gasteiger charge is -2.27. The van der Waals surface area contributed by atoms with Crippen molar-refractivity contribution in [3.8, 4) is 11.1 Å². The van der Waals surface area contributed by atoms with Crippen LogP contribution in [0.3, 0.4) is 0 Å². The van der Waals surface area contributed by atoms with E-state index in [0.717, 1.165) is 37.1 Å². The van der Waals surface area contributed by atoms with Gasteiger partial charge in [-0.05, 0) is 30.5 Å². The zero-order valence-electron chi connectivity index (χ0n) is 15.2. The number of hydrogen-bond acceptors (Lipinski definition) is 3. The van der Waals surface area contributed by atoms with Gasteiger partial charge in [-0.2, -0.15) is 5.10 Å². The zero-order chi connectivity index (χ0) is 18.8. The molecule has 1 saturated heterocycles. The Morgan fingerprint density at radius 3 is 2.56 bits per heavy atom. The SMILES string of the molecule is O=C1Nc2c(-c3ccc(Cl)cc3)cnn2CC1CC(=O)N1CCCCCC1. The summed E-state index contributed by atoms with van der Waals surface area (Å²) in [7, 11) is 0. The van der Waals surface area contributed by atoms with E-state index in [1.54, 1.807) is 10.9 Å². The van der Waals surface area contributed by atoms with E-state index in [-0.39, 0.29) is 24.2 Å². The van der Waals surface area contributed by atoms with Crippen LogP contribution in [0, 0.1) is 5.92 Å². The molecule has 1 N–H and O–H groups in total. The first kappa shape index (κ1) is 18.0. The minimum absolute atomic E-state index is 0.0746. The lowest BCUT2D eigenvalue weighted by atomic mass is 10.0. The predicted molar refractivity (Wildman–Crippen MR) is 104 cm³/mol. The highest BCUT2D eigenvalue weighted by Gasteiger charge is 2.32. The molecule has 2 aliphatic heterocycles. The summed E-state index contributed by atoms with van der Waals surface area (Å²) in [5, 5.41) is 8.03. The maximum Gasteiger partial charge on any atom is 0.231 e. The van der Waals surface area contributed by atoms with Crippen LogP contribution >= 0.6 is 11.6 Å². The number of amides is 2. The smallest absolute Gasteiger partial charge is 0.231 e. The molecule has 1 fully saturated rings. The summed E-state index contributed by atoms with van der Waals surface area (Å²) < 4.78 is 1.78. The summed E-state index contributed by atoms with van der Waals surface area (Å²) in [4.78, 5) is 27.2. The number of rotatable bonds is 3. The highest BCUT2D eigenvalue weighted by molar-refractivity contribution is 6.30. The number of benzene rings is 1. The van der Waals surface area contributed by atoms with Crippen LogP contribution < -0.4 is 5.32 Å². The number of nitrogens with zero attached hydrogens (tertiary/aromatic N) is 3. The highest BCUT2D eigenvalue weighted by atomic mass is 35.5. The Kier molecular flexibility index (Phi) is 5.16. The first-order valence-corrected chi connectivity index (χ1v) is 9.90. The lowest BCUT2D eigenvalue weighted by Crippen LogP contribution is -2.39. The van der Waals surface area contributed by atoms with Crippen molar-refractivity contribution < 1.29 is 9.59 Å². The van der Waals surface area contributed by atoms with Crippen LogP contribution in [-0.4, -0.2) is 39.6 Å². The van der Waals surface area contributed by atoms with Crippen molar-refractivity contribution in [1.82, 2.24) is 14.7 Å². The van der Waals surface area contributed by atoms with E-state index in [2.05, 4.69) is 10.4 Å². The number of fused-ring (bicyclic) bond motifs is 1. The second-order valence-electron chi connectivity index (χ2n) is 7.28. The number of carbonyl (C=O) groups is 2. The summed E-state index contributed by atoms with van der Waals surface area (Å²) in [6.07, 6.45) is 6.45. The molecular weight excluding hydrogens is 364 g/mol. The standard InChI is InChI=1S/C20H23ClN4O2/c21-16-7-5-14(6-8-16)17-12-22-25-13-15(20(27)23-19(17)25)11-18(26)24-9-3-1-2-4-10-24/h5-8,12,15H,1-4,9-11,13H2,(H,23,27). The first-order chi connectivity index (χ1) is 13.1. The van der Waals surface area contributed by atoms with E-state index >= 15 is 0 Å².